The normalized spacial score (nSPS) is 19.8. The summed E-state index contributed by atoms with van der Waals surface area (Å²) in [6.07, 6.45) is -6.12. The van der Waals surface area contributed by atoms with Crippen LogP contribution in [0.1, 0.15) is 17.4 Å². The van der Waals surface area contributed by atoms with Gasteiger partial charge in [0, 0.05) is 19.2 Å². The molecule has 1 aromatic heterocycles. The Balaban J connectivity index is 2.28. The van der Waals surface area contributed by atoms with E-state index < -0.39 is 45.9 Å². The van der Waals surface area contributed by atoms with Gasteiger partial charge < -0.3 is 15.0 Å². The second-order valence-corrected chi connectivity index (χ2v) is 5.62. The molecule has 0 spiro atoms. The van der Waals surface area contributed by atoms with E-state index in [9.17, 15) is 32.4 Å². The zero-order valence-electron chi connectivity index (χ0n) is 13.1. The molecule has 0 aliphatic carbocycles. The van der Waals surface area contributed by atoms with Crippen molar-refractivity contribution in [2.24, 2.45) is 12.8 Å². The van der Waals surface area contributed by atoms with E-state index in [2.05, 4.69) is 0 Å². The second kappa shape index (κ2) is 5.93. The van der Waals surface area contributed by atoms with Crippen LogP contribution in [0.5, 0.6) is 5.75 Å². The summed E-state index contributed by atoms with van der Waals surface area (Å²) in [7, 11) is 0.801. The van der Waals surface area contributed by atoms with Crippen LogP contribution in [0, 0.1) is 11.0 Å². The number of alkyl halides is 3. The van der Waals surface area contributed by atoms with E-state index in [1.54, 1.807) is 0 Å². The number of hydrogen-bond donors (Lipinski definition) is 2. The highest BCUT2D eigenvalue weighted by atomic mass is 19.4. The minimum atomic E-state index is -4.94. The number of benzene rings is 1. The first-order chi connectivity index (χ1) is 12.0. The van der Waals surface area contributed by atoms with Crippen LogP contribution in [-0.2, 0) is 13.2 Å². The molecule has 1 aliphatic heterocycles. The van der Waals surface area contributed by atoms with Crippen molar-refractivity contribution < 1.29 is 27.4 Å². The Morgan fingerprint density at radius 2 is 1.96 bits per heavy atom. The molecule has 140 valence electrons. The van der Waals surface area contributed by atoms with Gasteiger partial charge in [0.25, 0.3) is 5.56 Å². The van der Waals surface area contributed by atoms with E-state index >= 15 is 0 Å². The van der Waals surface area contributed by atoms with Crippen molar-refractivity contribution in [2.75, 3.05) is 6.73 Å². The Bertz CT molecular complexity index is 998. The van der Waals surface area contributed by atoms with Gasteiger partial charge >= 0.3 is 11.9 Å². The van der Waals surface area contributed by atoms with Gasteiger partial charge in [0.2, 0.25) is 6.73 Å². The highest BCUT2D eigenvalue weighted by molar-refractivity contribution is 5.47. The minimum Gasteiger partial charge on any atom is -0.630 e. The number of nitrogens with two attached hydrogens (primary N) is 1. The summed E-state index contributed by atoms with van der Waals surface area (Å²) in [6.45, 7) is -0.366. The Morgan fingerprint density at radius 3 is 2.58 bits per heavy atom. The first-order valence-corrected chi connectivity index (χ1v) is 7.17. The summed E-state index contributed by atoms with van der Waals surface area (Å²) in [6, 6.07) is 1.95. The van der Waals surface area contributed by atoms with Crippen molar-refractivity contribution in [1.29, 1.82) is 0 Å². The van der Waals surface area contributed by atoms with Crippen molar-refractivity contribution in [1.82, 2.24) is 9.13 Å². The highest BCUT2D eigenvalue weighted by Crippen LogP contribution is 2.29. The average molecular weight is 376 g/mol. The number of aromatic nitrogens is 2. The van der Waals surface area contributed by atoms with E-state index in [-0.39, 0.29) is 33.2 Å². The van der Waals surface area contributed by atoms with E-state index in [1.165, 1.54) is 0 Å². The molecular weight excluding hydrogens is 364 g/mol. The lowest BCUT2D eigenvalue weighted by Crippen LogP contribution is -3.10. The van der Waals surface area contributed by atoms with Crippen LogP contribution in [0.15, 0.2) is 27.8 Å². The molecule has 0 saturated heterocycles. The van der Waals surface area contributed by atoms with Crippen molar-refractivity contribution in [3.8, 4) is 11.4 Å². The third-order valence-corrected chi connectivity index (χ3v) is 3.98. The van der Waals surface area contributed by atoms with Crippen LogP contribution in [0.4, 0.5) is 17.6 Å². The lowest BCUT2D eigenvalue weighted by Gasteiger charge is -2.34. The van der Waals surface area contributed by atoms with Gasteiger partial charge in [0.05, 0.1) is 11.3 Å². The zero-order chi connectivity index (χ0) is 19.4. The maximum Gasteiger partial charge on any atom is 0.431 e. The molecule has 0 amide bonds. The maximum atomic E-state index is 14.4. The van der Waals surface area contributed by atoms with E-state index in [4.69, 9.17) is 10.5 Å². The van der Waals surface area contributed by atoms with Crippen molar-refractivity contribution in [3.63, 3.8) is 0 Å². The summed E-state index contributed by atoms with van der Waals surface area (Å²) >= 11 is 0. The Morgan fingerprint density at radius 1 is 1.31 bits per heavy atom. The number of fused-ring (bicyclic) bond motifs is 1. The largest absolute Gasteiger partial charge is 0.630 e. The van der Waals surface area contributed by atoms with Gasteiger partial charge in [-0.15, -0.1) is 0 Å². The number of quaternary nitrogens is 1. The van der Waals surface area contributed by atoms with Crippen LogP contribution < -0.4 is 26.8 Å². The zero-order valence-corrected chi connectivity index (χ0v) is 13.1. The standard InChI is InChI=1S/C14H12F4N4O4/c1-20-10(14(16,17)18)4-11(23)22(13(20)24)8-2-6-9(3-7(8)15)26-5-21(25)12(6)19/h2-4,12,21H,5,19H2,1H3. The molecule has 1 aromatic carbocycles. The number of hydrogen-bond acceptors (Lipinski definition) is 5. The lowest BCUT2D eigenvalue weighted by atomic mass is 10.1. The number of rotatable bonds is 1. The first-order valence-electron chi connectivity index (χ1n) is 7.17. The minimum absolute atomic E-state index is 0.0199. The van der Waals surface area contributed by atoms with Crippen LogP contribution in [0.25, 0.3) is 5.69 Å². The molecule has 0 fully saturated rings. The molecule has 12 heteroatoms. The summed E-state index contributed by atoms with van der Waals surface area (Å²) < 4.78 is 58.5. The smallest absolute Gasteiger partial charge is 0.431 e. The molecule has 0 saturated carbocycles. The summed E-state index contributed by atoms with van der Waals surface area (Å²) in [5.74, 6) is -1.14. The number of ether oxygens (including phenoxy) is 1. The molecule has 3 N–H and O–H groups in total. The lowest BCUT2D eigenvalue weighted by molar-refractivity contribution is -0.902. The molecular formula is C14H12F4N4O4. The fraction of sp³-hybridized carbons (Fsp3) is 0.286. The molecule has 1 aliphatic rings. The third-order valence-electron chi connectivity index (χ3n) is 3.98. The Labute approximate surface area is 142 Å². The van der Waals surface area contributed by atoms with Gasteiger partial charge in [0.15, 0.2) is 12.0 Å². The average Bonchev–Trinajstić information content (AvgIpc) is 2.54. The van der Waals surface area contributed by atoms with Crippen LogP contribution in [-0.4, -0.2) is 15.9 Å². The number of halogens is 4. The SMILES string of the molecule is Cn1c(C(F)(F)F)cc(=O)n(-c2cc3c(cc2F)OC[NH+]([O-])C3N)c1=O. The van der Waals surface area contributed by atoms with Crippen LogP contribution >= 0.6 is 0 Å². The number of nitrogens with one attached hydrogen (secondary N) is 1. The van der Waals surface area contributed by atoms with Gasteiger partial charge in [-0.1, -0.05) is 0 Å². The fourth-order valence-electron chi connectivity index (χ4n) is 2.63. The molecule has 3 rings (SSSR count). The second-order valence-electron chi connectivity index (χ2n) is 5.62. The molecule has 2 aromatic rings. The summed E-state index contributed by atoms with van der Waals surface area (Å²) in [5, 5.41) is 11.1. The van der Waals surface area contributed by atoms with Crippen molar-refractivity contribution >= 4 is 0 Å². The van der Waals surface area contributed by atoms with Crippen molar-refractivity contribution in [3.05, 3.63) is 61.3 Å². The van der Waals surface area contributed by atoms with Crippen molar-refractivity contribution in [2.45, 2.75) is 12.3 Å². The first kappa shape index (κ1) is 18.1. The maximum absolute atomic E-state index is 14.4. The predicted octanol–water partition coefficient (Wildman–Crippen LogP) is -0.616. The van der Waals surface area contributed by atoms with Crippen LogP contribution in [0.3, 0.4) is 0 Å². The fourth-order valence-corrected chi connectivity index (χ4v) is 2.63. The van der Waals surface area contributed by atoms with E-state index in [1.807, 2.05) is 0 Å². The van der Waals surface area contributed by atoms with E-state index in [0.29, 0.717) is 0 Å². The molecule has 0 bridgehead atoms. The molecule has 0 radical (unpaired) electrons. The predicted molar refractivity (Wildman–Crippen MR) is 79.0 cm³/mol. The molecule has 8 nitrogen and oxygen atoms in total. The van der Waals surface area contributed by atoms with E-state index in [0.717, 1.165) is 19.2 Å². The molecule has 26 heavy (non-hydrogen) atoms. The topological polar surface area (TPSA) is 107 Å². The van der Waals surface area contributed by atoms with Gasteiger partial charge in [-0.2, -0.15) is 13.2 Å². The molecule has 2 unspecified atom stereocenters. The van der Waals surface area contributed by atoms with Crippen LogP contribution in [0.2, 0.25) is 0 Å². The number of nitrogens with zero attached hydrogens (tertiary/aromatic N) is 2. The highest BCUT2D eigenvalue weighted by Gasteiger charge is 2.35. The van der Waals surface area contributed by atoms with Gasteiger partial charge in [0.1, 0.15) is 11.4 Å². The summed E-state index contributed by atoms with van der Waals surface area (Å²) in [5.41, 5.74) is 0.839. The molecule has 2 atom stereocenters. The van der Waals surface area contributed by atoms with Gasteiger partial charge in [-0.05, 0) is 6.07 Å². The van der Waals surface area contributed by atoms with Gasteiger partial charge in [-0.25, -0.2) is 13.8 Å². The Kier molecular flexibility index (Phi) is 4.13. The monoisotopic (exact) mass is 376 g/mol. The number of hydroxylamine groups is 2. The Hall–Kier alpha value is -2.70. The summed E-state index contributed by atoms with van der Waals surface area (Å²) in [4.78, 5) is 24.3. The molecule has 2 heterocycles. The third kappa shape index (κ3) is 2.77. The van der Waals surface area contributed by atoms with Gasteiger partial charge in [-0.3, -0.25) is 15.1 Å². The quantitative estimate of drug-likeness (QED) is 0.510.